The third kappa shape index (κ3) is 2.48. The molecule has 0 aromatic heterocycles. The van der Waals surface area contributed by atoms with E-state index in [2.05, 4.69) is 5.32 Å². The van der Waals surface area contributed by atoms with Crippen LogP contribution in [0.5, 0.6) is 0 Å². The van der Waals surface area contributed by atoms with Crippen LogP contribution in [0.1, 0.15) is 5.56 Å². The van der Waals surface area contributed by atoms with Crippen LogP contribution in [0.4, 0.5) is 24.5 Å². The third-order valence-electron chi connectivity index (χ3n) is 4.16. The molecule has 2 amide bonds. The molecular weight excluding hydrogens is 353 g/mol. The highest BCUT2D eigenvalue weighted by Gasteiger charge is 2.52. The van der Waals surface area contributed by atoms with Crippen molar-refractivity contribution in [1.82, 2.24) is 0 Å². The van der Waals surface area contributed by atoms with Crippen LogP contribution in [0.25, 0.3) is 0 Å². The second-order valence-corrected chi connectivity index (χ2v) is 6.87. The Morgan fingerprint density at radius 3 is 2.40 bits per heavy atom. The van der Waals surface area contributed by atoms with E-state index >= 15 is 0 Å². The molecule has 8 heteroatoms. The van der Waals surface area contributed by atoms with Crippen molar-refractivity contribution < 1.29 is 22.8 Å². The van der Waals surface area contributed by atoms with E-state index in [4.69, 9.17) is 0 Å². The van der Waals surface area contributed by atoms with Gasteiger partial charge >= 0.3 is 6.18 Å². The van der Waals surface area contributed by atoms with Crippen LogP contribution in [-0.4, -0.2) is 23.1 Å². The summed E-state index contributed by atoms with van der Waals surface area (Å²) in [6, 6.07) is 10.9. The Labute approximate surface area is 145 Å². The fourth-order valence-electron chi connectivity index (χ4n) is 3.04. The minimum Gasteiger partial charge on any atom is -0.371 e. The smallest absolute Gasteiger partial charge is 0.371 e. The summed E-state index contributed by atoms with van der Waals surface area (Å²) >= 11 is 1.20. The Morgan fingerprint density at radius 1 is 0.960 bits per heavy atom. The van der Waals surface area contributed by atoms with E-state index in [0.29, 0.717) is 10.6 Å². The zero-order valence-corrected chi connectivity index (χ0v) is 13.4. The van der Waals surface area contributed by atoms with Crippen LogP contribution >= 0.6 is 11.8 Å². The number of thioether (sulfide) groups is 1. The van der Waals surface area contributed by atoms with Crippen molar-refractivity contribution >= 4 is 35.0 Å². The molecule has 128 valence electrons. The Kier molecular flexibility index (Phi) is 3.54. The summed E-state index contributed by atoms with van der Waals surface area (Å²) in [5.74, 6) is -1.31. The first-order valence-corrected chi connectivity index (χ1v) is 8.32. The molecule has 2 aliphatic rings. The maximum Gasteiger partial charge on any atom is 0.418 e. The van der Waals surface area contributed by atoms with Gasteiger partial charge in [-0.15, -0.1) is 11.8 Å². The van der Waals surface area contributed by atoms with Gasteiger partial charge in [0, 0.05) is 10.6 Å². The van der Waals surface area contributed by atoms with Crippen molar-refractivity contribution in [2.75, 3.05) is 10.2 Å². The standard InChI is InChI=1S/C17H11F3N2O2S/c18-17(19,20)9-5-1-3-7-11(9)22-15(23)13-14(16(22)24)25-12-8-4-2-6-10(12)21-13/h1-8,13-14,21H/t13-,14-/m0/s1. The van der Waals surface area contributed by atoms with Gasteiger partial charge in [-0.25, -0.2) is 4.90 Å². The largest absolute Gasteiger partial charge is 0.418 e. The van der Waals surface area contributed by atoms with Crippen molar-refractivity contribution in [2.24, 2.45) is 0 Å². The second kappa shape index (κ2) is 5.52. The minimum atomic E-state index is -4.66. The van der Waals surface area contributed by atoms with E-state index in [9.17, 15) is 22.8 Å². The SMILES string of the molecule is O=C1[C@H]2Nc3ccccc3S[C@@H]2C(=O)N1c1ccccc1C(F)(F)F. The summed E-state index contributed by atoms with van der Waals surface area (Å²) in [7, 11) is 0. The maximum atomic E-state index is 13.3. The molecule has 0 bridgehead atoms. The average Bonchev–Trinajstić information content (AvgIpc) is 2.83. The lowest BCUT2D eigenvalue weighted by Gasteiger charge is -2.25. The zero-order valence-electron chi connectivity index (χ0n) is 12.6. The first-order chi connectivity index (χ1) is 11.9. The Morgan fingerprint density at radius 2 is 1.64 bits per heavy atom. The number of carbonyl (C=O) groups is 2. The van der Waals surface area contributed by atoms with Gasteiger partial charge in [0.15, 0.2) is 0 Å². The predicted molar refractivity (Wildman–Crippen MR) is 87.4 cm³/mol. The number of imide groups is 1. The van der Waals surface area contributed by atoms with E-state index in [0.717, 1.165) is 17.0 Å². The molecule has 2 aromatic rings. The lowest BCUT2D eigenvalue weighted by molar-refractivity contribution is -0.137. The molecule has 0 unspecified atom stereocenters. The van der Waals surface area contributed by atoms with Crippen LogP contribution in [0, 0.1) is 0 Å². The predicted octanol–water partition coefficient (Wildman–Crippen LogP) is 3.53. The fraction of sp³-hybridized carbons (Fsp3) is 0.176. The molecule has 2 heterocycles. The molecule has 0 aliphatic carbocycles. The zero-order chi connectivity index (χ0) is 17.8. The summed E-state index contributed by atoms with van der Waals surface area (Å²) in [6.45, 7) is 0. The van der Waals surface area contributed by atoms with Gasteiger partial charge in [-0.1, -0.05) is 24.3 Å². The molecule has 0 spiro atoms. The Hall–Kier alpha value is -2.48. The number of carbonyl (C=O) groups excluding carboxylic acids is 2. The highest BCUT2D eigenvalue weighted by molar-refractivity contribution is 8.01. The summed E-state index contributed by atoms with van der Waals surface area (Å²) < 4.78 is 39.8. The van der Waals surface area contributed by atoms with Crippen molar-refractivity contribution in [3.05, 3.63) is 54.1 Å². The number of halogens is 3. The molecule has 4 rings (SSSR count). The van der Waals surface area contributed by atoms with Crippen LogP contribution in [0.3, 0.4) is 0 Å². The number of alkyl halides is 3. The number of fused-ring (bicyclic) bond motifs is 2. The molecule has 2 atom stereocenters. The van der Waals surface area contributed by atoms with Crippen molar-refractivity contribution in [3.63, 3.8) is 0 Å². The first-order valence-electron chi connectivity index (χ1n) is 7.44. The molecule has 2 aliphatic heterocycles. The van der Waals surface area contributed by atoms with Crippen LogP contribution < -0.4 is 10.2 Å². The molecule has 1 N–H and O–H groups in total. The maximum absolute atomic E-state index is 13.3. The number of hydrogen-bond acceptors (Lipinski definition) is 4. The number of rotatable bonds is 1. The summed E-state index contributed by atoms with van der Waals surface area (Å²) in [4.78, 5) is 26.9. The number of hydrogen-bond donors (Lipinski definition) is 1. The topological polar surface area (TPSA) is 49.4 Å². The molecule has 0 radical (unpaired) electrons. The molecule has 4 nitrogen and oxygen atoms in total. The van der Waals surface area contributed by atoms with Gasteiger partial charge in [-0.05, 0) is 24.3 Å². The Balaban J connectivity index is 1.76. The summed E-state index contributed by atoms with van der Waals surface area (Å²) in [6.07, 6.45) is -4.66. The highest BCUT2D eigenvalue weighted by Crippen LogP contribution is 2.44. The van der Waals surface area contributed by atoms with Gasteiger partial charge in [0.2, 0.25) is 5.91 Å². The summed E-state index contributed by atoms with van der Waals surface area (Å²) in [5.41, 5.74) is -0.732. The molecule has 25 heavy (non-hydrogen) atoms. The number of nitrogens with zero attached hydrogens (tertiary/aromatic N) is 1. The van der Waals surface area contributed by atoms with E-state index < -0.39 is 40.5 Å². The average molecular weight is 364 g/mol. The van der Waals surface area contributed by atoms with Gasteiger partial charge in [0.05, 0.1) is 11.3 Å². The minimum absolute atomic E-state index is 0.425. The quantitative estimate of drug-likeness (QED) is 0.787. The molecule has 2 aromatic carbocycles. The van der Waals surface area contributed by atoms with Gasteiger partial charge < -0.3 is 5.32 Å². The normalized spacial score (nSPS) is 22.4. The van der Waals surface area contributed by atoms with Crippen LogP contribution in [0.15, 0.2) is 53.4 Å². The van der Waals surface area contributed by atoms with Crippen molar-refractivity contribution in [1.29, 1.82) is 0 Å². The van der Waals surface area contributed by atoms with Crippen LogP contribution in [-0.2, 0) is 15.8 Å². The highest BCUT2D eigenvalue weighted by atomic mass is 32.2. The number of nitrogens with one attached hydrogen (secondary N) is 1. The van der Waals surface area contributed by atoms with E-state index in [1.807, 2.05) is 0 Å². The number of benzene rings is 2. The monoisotopic (exact) mass is 364 g/mol. The van der Waals surface area contributed by atoms with Crippen molar-refractivity contribution in [3.8, 4) is 0 Å². The third-order valence-corrected chi connectivity index (χ3v) is 5.49. The lowest BCUT2D eigenvalue weighted by atomic mass is 10.1. The van der Waals surface area contributed by atoms with E-state index in [-0.39, 0.29) is 0 Å². The first kappa shape index (κ1) is 16.0. The second-order valence-electron chi connectivity index (χ2n) is 5.68. The summed E-state index contributed by atoms with van der Waals surface area (Å²) in [5, 5.41) is 2.19. The molecular formula is C17H11F3N2O2S. The van der Waals surface area contributed by atoms with Crippen LogP contribution in [0.2, 0.25) is 0 Å². The van der Waals surface area contributed by atoms with Crippen molar-refractivity contribution in [2.45, 2.75) is 22.4 Å². The van der Waals surface area contributed by atoms with Gasteiger partial charge in [-0.3, -0.25) is 9.59 Å². The lowest BCUT2D eigenvalue weighted by Crippen LogP contribution is -2.38. The van der Waals surface area contributed by atoms with Gasteiger partial charge in [-0.2, -0.15) is 13.2 Å². The van der Waals surface area contributed by atoms with Gasteiger partial charge in [0.1, 0.15) is 11.3 Å². The number of anilines is 2. The Bertz CT molecular complexity index is 841. The number of amides is 2. The molecule has 1 fully saturated rings. The van der Waals surface area contributed by atoms with E-state index in [1.165, 1.54) is 23.9 Å². The fourth-order valence-corrected chi connectivity index (χ4v) is 4.25. The van der Waals surface area contributed by atoms with E-state index in [1.54, 1.807) is 24.3 Å². The van der Waals surface area contributed by atoms with Gasteiger partial charge in [0.25, 0.3) is 5.91 Å². The number of para-hydroxylation sites is 2. The molecule has 0 saturated carbocycles. The molecule has 1 saturated heterocycles.